The fraction of sp³-hybridized carbons (Fsp3) is 0.588. The van der Waals surface area contributed by atoms with Gasteiger partial charge in [0.1, 0.15) is 17.8 Å². The number of unbranched alkanes of at least 4 members (excludes halogenated alkanes) is 1. The van der Waals surface area contributed by atoms with E-state index >= 15 is 0 Å². The molecule has 0 N–H and O–H groups in total. The Bertz CT molecular complexity index is 531. The second kappa shape index (κ2) is 15.9. The molecule has 6 nitrogen and oxygen atoms in total. The van der Waals surface area contributed by atoms with E-state index in [4.69, 9.17) is 4.74 Å². The second-order valence-corrected chi connectivity index (χ2v) is 8.94. The molecule has 0 amide bonds. The Morgan fingerprint density at radius 2 is 1.88 bits per heavy atom. The van der Waals surface area contributed by atoms with Crippen molar-refractivity contribution >= 4 is 44.4 Å². The number of nitrogens with zero attached hydrogens (tertiary/aromatic N) is 1. The summed E-state index contributed by atoms with van der Waals surface area (Å²) < 4.78 is 5.10. The summed E-state index contributed by atoms with van der Waals surface area (Å²) in [6, 6.07) is 0. The average molecular weight is 384 g/mol. The fourth-order valence-corrected chi connectivity index (χ4v) is 4.25. The molecular weight excluding hydrogens is 358 g/mol. The lowest BCUT2D eigenvalue weighted by Gasteiger charge is -2.15. The Morgan fingerprint density at radius 1 is 1.20 bits per heavy atom. The third kappa shape index (κ3) is 12.4. The van der Waals surface area contributed by atoms with Crippen LogP contribution in [0, 0.1) is 0 Å². The standard InChI is InChI=1S/C17H25NO5SSi/c1-3-4-9-23-17(22)13-18(2)15-24-10-5-6-16(14-21)25(11-7-19)12-8-20/h11-12,25H,3-6,9-10,13,15H2,1-2H3. The molecule has 0 spiro atoms. The van der Waals surface area contributed by atoms with Gasteiger partial charge >= 0.3 is 5.97 Å². The first-order valence-electron chi connectivity index (χ1n) is 8.16. The van der Waals surface area contributed by atoms with Crippen molar-refractivity contribution in [3.63, 3.8) is 0 Å². The van der Waals surface area contributed by atoms with Crippen LogP contribution in [-0.2, 0) is 23.9 Å². The maximum Gasteiger partial charge on any atom is 0.320 e. The molecule has 0 unspecified atom stereocenters. The number of thioether (sulfide) groups is 1. The summed E-state index contributed by atoms with van der Waals surface area (Å²) in [4.78, 5) is 45.3. The van der Waals surface area contributed by atoms with Crippen LogP contribution in [0.5, 0.6) is 0 Å². The summed E-state index contributed by atoms with van der Waals surface area (Å²) in [5, 5.41) is 0.472. The highest BCUT2D eigenvalue weighted by molar-refractivity contribution is 7.99. The van der Waals surface area contributed by atoms with Crippen LogP contribution < -0.4 is 0 Å². The Labute approximate surface area is 154 Å². The van der Waals surface area contributed by atoms with Gasteiger partial charge in [0.15, 0.2) is 8.80 Å². The molecule has 0 aliphatic heterocycles. The van der Waals surface area contributed by atoms with Crippen LogP contribution in [0.3, 0.4) is 0 Å². The third-order valence-corrected chi connectivity index (χ3v) is 6.64. The van der Waals surface area contributed by atoms with Crippen molar-refractivity contribution in [2.45, 2.75) is 32.6 Å². The molecule has 0 bridgehead atoms. The van der Waals surface area contributed by atoms with E-state index in [1.807, 2.05) is 24.8 Å². The SMILES string of the molecule is CCCCOC(=O)CN(C)CSCCCC(=C=O)[SiH](C=C=O)C=C=O. The highest BCUT2D eigenvalue weighted by atomic mass is 32.2. The minimum absolute atomic E-state index is 0.224. The van der Waals surface area contributed by atoms with Gasteiger partial charge < -0.3 is 4.74 Å². The monoisotopic (exact) mass is 383 g/mol. The van der Waals surface area contributed by atoms with E-state index in [0.717, 1.165) is 25.0 Å². The van der Waals surface area contributed by atoms with Gasteiger partial charge in [-0.25, -0.2) is 14.4 Å². The maximum atomic E-state index is 11.6. The van der Waals surface area contributed by atoms with Crippen LogP contribution in [0.4, 0.5) is 0 Å². The quantitative estimate of drug-likeness (QED) is 0.146. The van der Waals surface area contributed by atoms with Crippen molar-refractivity contribution in [2.75, 3.05) is 31.8 Å². The van der Waals surface area contributed by atoms with Gasteiger partial charge in [-0.2, -0.15) is 0 Å². The lowest BCUT2D eigenvalue weighted by atomic mass is 10.3. The summed E-state index contributed by atoms with van der Waals surface area (Å²) >= 11 is 1.64. The maximum absolute atomic E-state index is 11.6. The van der Waals surface area contributed by atoms with Crippen molar-refractivity contribution in [3.05, 3.63) is 16.6 Å². The van der Waals surface area contributed by atoms with Gasteiger partial charge in [-0.05, 0) is 43.5 Å². The van der Waals surface area contributed by atoms with Gasteiger partial charge in [0.25, 0.3) is 0 Å². The van der Waals surface area contributed by atoms with Crippen LogP contribution in [0.2, 0.25) is 0 Å². The average Bonchev–Trinajstić information content (AvgIpc) is 2.58. The van der Waals surface area contributed by atoms with E-state index in [2.05, 4.69) is 0 Å². The predicted octanol–water partition coefficient (Wildman–Crippen LogP) is 1.11. The zero-order valence-corrected chi connectivity index (χ0v) is 16.8. The summed E-state index contributed by atoms with van der Waals surface area (Å²) in [6.45, 7) is 2.75. The number of ether oxygens (including phenoxy) is 1. The van der Waals surface area contributed by atoms with Crippen molar-refractivity contribution in [1.82, 2.24) is 4.90 Å². The molecule has 0 heterocycles. The lowest BCUT2D eigenvalue weighted by Crippen LogP contribution is -2.27. The van der Waals surface area contributed by atoms with Gasteiger partial charge in [-0.3, -0.25) is 9.69 Å². The van der Waals surface area contributed by atoms with Gasteiger partial charge in [0, 0.05) is 11.1 Å². The zero-order valence-electron chi connectivity index (χ0n) is 14.8. The molecule has 0 aliphatic carbocycles. The number of esters is 1. The van der Waals surface area contributed by atoms with Crippen molar-refractivity contribution < 1.29 is 23.9 Å². The zero-order chi connectivity index (χ0) is 18.9. The van der Waals surface area contributed by atoms with Crippen LogP contribution in [-0.4, -0.2) is 69.3 Å². The summed E-state index contributed by atoms with van der Waals surface area (Å²) in [5.74, 6) is 6.37. The predicted molar refractivity (Wildman–Crippen MR) is 102 cm³/mol. The van der Waals surface area contributed by atoms with E-state index in [-0.39, 0.29) is 12.5 Å². The number of allylic oxidation sites excluding steroid dienone is 1. The van der Waals surface area contributed by atoms with Gasteiger partial charge in [0.2, 0.25) is 0 Å². The molecule has 25 heavy (non-hydrogen) atoms. The fourth-order valence-electron chi connectivity index (χ4n) is 1.91. The topological polar surface area (TPSA) is 80.8 Å². The van der Waals surface area contributed by atoms with E-state index in [9.17, 15) is 19.2 Å². The van der Waals surface area contributed by atoms with Crippen molar-refractivity contribution in [3.8, 4) is 0 Å². The first-order valence-corrected chi connectivity index (χ1v) is 11.2. The second-order valence-electron chi connectivity index (χ2n) is 5.45. The minimum atomic E-state index is -2.14. The first kappa shape index (κ1) is 23.3. The number of carbonyl (C=O) groups excluding carboxylic acids is 4. The molecule has 0 radical (unpaired) electrons. The minimum Gasteiger partial charge on any atom is -0.465 e. The molecule has 8 heteroatoms. The van der Waals surface area contributed by atoms with Crippen LogP contribution in [0.1, 0.15) is 32.6 Å². The van der Waals surface area contributed by atoms with Gasteiger partial charge in [0.05, 0.1) is 13.2 Å². The highest BCUT2D eigenvalue weighted by Crippen LogP contribution is 2.12. The van der Waals surface area contributed by atoms with Crippen LogP contribution in [0.15, 0.2) is 16.6 Å². The molecule has 138 valence electrons. The molecule has 0 aliphatic rings. The Morgan fingerprint density at radius 3 is 2.44 bits per heavy atom. The number of carbonyl (C=O) groups is 1. The molecule has 0 aromatic rings. The van der Waals surface area contributed by atoms with E-state index in [1.165, 1.54) is 11.4 Å². The summed E-state index contributed by atoms with van der Waals surface area (Å²) in [6.07, 6.45) is 3.09. The molecule has 0 rings (SSSR count). The highest BCUT2D eigenvalue weighted by Gasteiger charge is 2.13. The Balaban J connectivity index is 4.03. The summed E-state index contributed by atoms with van der Waals surface area (Å²) in [7, 11) is -0.294. The lowest BCUT2D eigenvalue weighted by molar-refractivity contribution is -0.144. The van der Waals surface area contributed by atoms with E-state index < -0.39 is 8.80 Å². The Kier molecular flexibility index (Phi) is 14.8. The van der Waals surface area contributed by atoms with Crippen LogP contribution >= 0.6 is 11.8 Å². The molecule has 0 aromatic carbocycles. The number of hydrogen-bond acceptors (Lipinski definition) is 7. The number of likely N-dealkylation sites (N-methyl/N-ethyl adjacent to an activating group) is 1. The third-order valence-electron chi connectivity index (χ3n) is 3.24. The summed E-state index contributed by atoms with van der Waals surface area (Å²) in [5.41, 5.74) is 2.49. The molecule has 0 saturated carbocycles. The largest absolute Gasteiger partial charge is 0.465 e. The first-order chi connectivity index (χ1) is 12.1. The van der Waals surface area contributed by atoms with Crippen molar-refractivity contribution in [1.29, 1.82) is 0 Å². The number of rotatable bonds is 14. The molecule has 0 aromatic heterocycles. The van der Waals surface area contributed by atoms with E-state index in [1.54, 1.807) is 23.6 Å². The van der Waals surface area contributed by atoms with Crippen molar-refractivity contribution in [2.24, 2.45) is 0 Å². The molecule has 0 atom stereocenters. The molecule has 0 saturated heterocycles. The number of hydrogen-bond donors (Lipinski definition) is 0. The van der Waals surface area contributed by atoms with Gasteiger partial charge in [-0.1, -0.05) is 13.3 Å². The van der Waals surface area contributed by atoms with E-state index in [0.29, 0.717) is 24.1 Å². The normalized spacial score (nSPS) is 11.0. The van der Waals surface area contributed by atoms with Gasteiger partial charge in [-0.15, -0.1) is 11.8 Å². The molecule has 0 fully saturated rings. The van der Waals surface area contributed by atoms with Crippen LogP contribution in [0.25, 0.3) is 0 Å². The Hall–Kier alpha value is -1.65. The molecular formula is C17H25NO5SSi. The smallest absolute Gasteiger partial charge is 0.320 e.